The number of unbranched alkanes of at least 4 members (excludes halogenated alkanes) is 4. The Morgan fingerprint density at radius 3 is 1.71 bits per heavy atom. The highest BCUT2D eigenvalue weighted by Crippen LogP contribution is 2.23. The van der Waals surface area contributed by atoms with E-state index in [2.05, 4.69) is 6.92 Å². The Kier molecular flexibility index (Phi) is 9.99. The molecule has 0 radical (unpaired) electrons. The van der Waals surface area contributed by atoms with Crippen LogP contribution in [0.2, 0.25) is 0 Å². The second-order valence-corrected chi connectivity index (χ2v) is 9.04. The molecule has 0 aliphatic rings. The van der Waals surface area contributed by atoms with Gasteiger partial charge in [0.05, 0.1) is 0 Å². The number of esters is 2. The van der Waals surface area contributed by atoms with Crippen molar-refractivity contribution < 1.29 is 27.9 Å². The molecule has 4 rings (SSSR count). The van der Waals surface area contributed by atoms with E-state index in [4.69, 9.17) is 18.3 Å². The van der Waals surface area contributed by atoms with Crippen LogP contribution in [0, 0.1) is 13.8 Å². The van der Waals surface area contributed by atoms with Crippen molar-refractivity contribution >= 4 is 33.9 Å². The third-order valence-corrected chi connectivity index (χ3v) is 5.82. The van der Waals surface area contributed by atoms with Crippen LogP contribution in [0.3, 0.4) is 0 Å². The Balaban J connectivity index is 0.000000221. The van der Waals surface area contributed by atoms with Crippen molar-refractivity contribution in [2.75, 3.05) is 0 Å². The topological polar surface area (TPSA) is 113 Å². The number of hydrogen-bond acceptors (Lipinski definition) is 8. The normalized spacial score (nSPS) is 10.6. The minimum Gasteiger partial charge on any atom is -0.427 e. The maximum Gasteiger partial charge on any atom is 0.336 e. The van der Waals surface area contributed by atoms with Crippen molar-refractivity contribution in [3.63, 3.8) is 0 Å². The number of carbonyl (C=O) groups excluding carboxylic acids is 2. The van der Waals surface area contributed by atoms with Crippen molar-refractivity contribution in [1.82, 2.24) is 0 Å². The van der Waals surface area contributed by atoms with E-state index >= 15 is 0 Å². The lowest BCUT2D eigenvalue weighted by molar-refractivity contribution is -0.134. The number of rotatable bonds is 8. The molecule has 8 nitrogen and oxygen atoms in total. The van der Waals surface area contributed by atoms with E-state index < -0.39 is 17.2 Å². The first-order chi connectivity index (χ1) is 18.2. The second kappa shape index (κ2) is 13.4. The molecule has 4 aromatic rings. The van der Waals surface area contributed by atoms with E-state index in [0.717, 1.165) is 41.2 Å². The maximum absolute atomic E-state index is 11.8. The van der Waals surface area contributed by atoms with E-state index in [-0.39, 0.29) is 5.97 Å². The van der Waals surface area contributed by atoms with Gasteiger partial charge >= 0.3 is 23.2 Å². The molecule has 200 valence electrons. The van der Waals surface area contributed by atoms with Crippen LogP contribution in [0.25, 0.3) is 21.9 Å². The summed E-state index contributed by atoms with van der Waals surface area (Å²) in [7, 11) is 0. The number of benzene rings is 2. The zero-order chi connectivity index (χ0) is 27.7. The average Bonchev–Trinajstić information content (AvgIpc) is 2.83. The zero-order valence-corrected chi connectivity index (χ0v) is 22.1. The van der Waals surface area contributed by atoms with E-state index in [9.17, 15) is 19.2 Å². The fourth-order valence-corrected chi connectivity index (χ4v) is 3.96. The SMILES string of the molecule is CC(=O)Oc1ccc2c(C)cc(=O)oc2c1.CCCCCCCC(=O)Oc1ccc2c(C)cc(=O)oc2c1. The van der Waals surface area contributed by atoms with E-state index in [1.165, 1.54) is 38.0 Å². The van der Waals surface area contributed by atoms with Crippen LogP contribution in [0.5, 0.6) is 11.5 Å². The van der Waals surface area contributed by atoms with Crippen LogP contribution >= 0.6 is 0 Å². The molecular weight excluding hydrogens is 488 g/mol. The summed E-state index contributed by atoms with van der Waals surface area (Å²) in [5.41, 5.74) is 1.73. The van der Waals surface area contributed by atoms with Gasteiger partial charge in [-0.25, -0.2) is 9.59 Å². The molecule has 0 fully saturated rings. The van der Waals surface area contributed by atoms with Crippen LogP contribution in [0.1, 0.15) is 63.5 Å². The fourth-order valence-electron chi connectivity index (χ4n) is 3.96. The Hall–Kier alpha value is -4.20. The number of hydrogen-bond donors (Lipinski definition) is 0. The molecule has 2 aromatic carbocycles. The predicted octanol–water partition coefficient (Wildman–Crippen LogP) is 6.39. The smallest absolute Gasteiger partial charge is 0.336 e. The Labute approximate surface area is 220 Å². The predicted molar refractivity (Wildman–Crippen MR) is 145 cm³/mol. The summed E-state index contributed by atoms with van der Waals surface area (Å²) in [5, 5.41) is 1.68. The first kappa shape index (κ1) is 28.4. The monoisotopic (exact) mass is 520 g/mol. The Morgan fingerprint density at radius 2 is 1.21 bits per heavy atom. The van der Waals surface area contributed by atoms with E-state index in [1.54, 1.807) is 30.3 Å². The minimum absolute atomic E-state index is 0.245. The number of carbonyl (C=O) groups is 2. The highest BCUT2D eigenvalue weighted by atomic mass is 16.5. The van der Waals surface area contributed by atoms with Gasteiger partial charge in [0.1, 0.15) is 22.7 Å². The van der Waals surface area contributed by atoms with Crippen LogP contribution < -0.4 is 20.7 Å². The zero-order valence-electron chi connectivity index (χ0n) is 22.1. The second-order valence-electron chi connectivity index (χ2n) is 9.04. The first-order valence-electron chi connectivity index (χ1n) is 12.6. The third-order valence-electron chi connectivity index (χ3n) is 5.82. The molecule has 2 heterocycles. The van der Waals surface area contributed by atoms with Crippen LogP contribution in [0.4, 0.5) is 0 Å². The minimum atomic E-state index is -0.412. The third kappa shape index (κ3) is 8.16. The fraction of sp³-hybridized carbons (Fsp3) is 0.333. The molecule has 0 spiro atoms. The number of fused-ring (bicyclic) bond motifs is 2. The summed E-state index contributed by atoms with van der Waals surface area (Å²) in [6.07, 6.45) is 5.86. The molecule has 0 aliphatic carbocycles. The molecule has 0 bridgehead atoms. The highest BCUT2D eigenvalue weighted by Gasteiger charge is 2.08. The van der Waals surface area contributed by atoms with Gasteiger partial charge in [-0.1, -0.05) is 32.6 Å². The van der Waals surface area contributed by atoms with E-state index in [1.807, 2.05) is 13.8 Å². The van der Waals surface area contributed by atoms with Gasteiger partial charge in [0.15, 0.2) is 0 Å². The molecule has 0 saturated heterocycles. The largest absolute Gasteiger partial charge is 0.427 e. The number of ether oxygens (including phenoxy) is 2. The Bertz CT molecular complexity index is 1540. The van der Waals surface area contributed by atoms with Gasteiger partial charge in [0.25, 0.3) is 0 Å². The summed E-state index contributed by atoms with van der Waals surface area (Å²) in [6.45, 7) is 7.15. The van der Waals surface area contributed by atoms with Gasteiger partial charge in [-0.05, 0) is 55.7 Å². The van der Waals surface area contributed by atoms with Gasteiger partial charge in [0, 0.05) is 48.4 Å². The summed E-state index contributed by atoms with van der Waals surface area (Å²) in [4.78, 5) is 45.1. The molecule has 2 aromatic heterocycles. The van der Waals surface area contributed by atoms with Crippen LogP contribution in [-0.2, 0) is 9.59 Å². The molecule has 8 heteroatoms. The van der Waals surface area contributed by atoms with Crippen molar-refractivity contribution in [2.45, 2.75) is 66.2 Å². The average molecular weight is 521 g/mol. The molecule has 0 saturated carbocycles. The number of aryl methyl sites for hydroxylation is 2. The van der Waals surface area contributed by atoms with Crippen LogP contribution in [0.15, 0.2) is 67.0 Å². The van der Waals surface area contributed by atoms with Crippen molar-refractivity contribution in [1.29, 1.82) is 0 Å². The lowest BCUT2D eigenvalue weighted by atomic mass is 10.1. The lowest BCUT2D eigenvalue weighted by Crippen LogP contribution is -2.07. The lowest BCUT2D eigenvalue weighted by Gasteiger charge is -2.06. The highest BCUT2D eigenvalue weighted by molar-refractivity contribution is 5.83. The quantitative estimate of drug-likeness (QED) is 0.114. The van der Waals surface area contributed by atoms with Gasteiger partial charge in [-0.2, -0.15) is 0 Å². The molecule has 0 N–H and O–H groups in total. The Morgan fingerprint density at radius 1 is 0.711 bits per heavy atom. The van der Waals surface area contributed by atoms with Crippen molar-refractivity contribution in [3.8, 4) is 11.5 Å². The van der Waals surface area contributed by atoms with Gasteiger partial charge in [-0.15, -0.1) is 0 Å². The first-order valence-corrected chi connectivity index (χ1v) is 12.6. The molecule has 0 amide bonds. The van der Waals surface area contributed by atoms with Crippen molar-refractivity contribution in [2.24, 2.45) is 0 Å². The summed E-state index contributed by atoms with van der Waals surface area (Å²) in [5.74, 6) is 0.133. The molecule has 0 unspecified atom stereocenters. The molecular formula is C30H32O8. The standard InChI is InChI=1S/C18H22O4.C12H10O4/c1-3-4-5-6-7-8-17(19)21-14-9-10-15-13(2)11-18(20)22-16(15)12-14;1-7-5-12(14)16-11-6-9(15-8(2)13)3-4-10(7)11/h9-12H,3-8H2,1-2H3;3-6H,1-2H3. The molecule has 0 aliphatic heterocycles. The van der Waals surface area contributed by atoms with Gasteiger partial charge < -0.3 is 18.3 Å². The van der Waals surface area contributed by atoms with Gasteiger partial charge in [-0.3, -0.25) is 9.59 Å². The van der Waals surface area contributed by atoms with Gasteiger partial charge in [0.2, 0.25) is 0 Å². The summed E-state index contributed by atoms with van der Waals surface area (Å²) in [6, 6.07) is 13.0. The van der Waals surface area contributed by atoms with Crippen LogP contribution in [-0.4, -0.2) is 11.9 Å². The summed E-state index contributed by atoms with van der Waals surface area (Å²) >= 11 is 0. The molecule has 0 atom stereocenters. The summed E-state index contributed by atoms with van der Waals surface area (Å²) < 4.78 is 20.4. The maximum atomic E-state index is 11.8. The van der Waals surface area contributed by atoms with Crippen molar-refractivity contribution in [3.05, 3.63) is 80.5 Å². The van der Waals surface area contributed by atoms with E-state index in [0.29, 0.717) is 29.1 Å². The molecule has 38 heavy (non-hydrogen) atoms.